The van der Waals surface area contributed by atoms with E-state index in [1.165, 1.54) is 13.2 Å². The third-order valence-corrected chi connectivity index (χ3v) is 1.24. The highest BCUT2D eigenvalue weighted by Crippen LogP contribution is 2.02. The molecule has 0 heterocycles. The van der Waals surface area contributed by atoms with E-state index in [9.17, 15) is 4.79 Å². The van der Waals surface area contributed by atoms with E-state index in [0.29, 0.717) is 5.92 Å². The van der Waals surface area contributed by atoms with Crippen LogP contribution in [0.2, 0.25) is 0 Å². The molecule has 0 aliphatic carbocycles. The minimum Gasteiger partial charge on any atom is -0.435 e. The Hall–Kier alpha value is -1.05. The smallest absolute Gasteiger partial charge is 0.307 e. The van der Waals surface area contributed by atoms with Crippen LogP contribution in [0.25, 0.3) is 0 Å². The lowest BCUT2D eigenvalue weighted by atomic mass is 10.1. The van der Waals surface area contributed by atoms with Gasteiger partial charge in [-0.25, -0.2) is 0 Å². The van der Waals surface area contributed by atoms with Crippen molar-refractivity contribution in [1.82, 2.24) is 0 Å². The number of rotatable bonds is 4. The van der Waals surface area contributed by atoms with Crippen LogP contribution in [-0.4, -0.2) is 5.97 Å². The third kappa shape index (κ3) is 6.84. The second kappa shape index (κ2) is 5.71. The van der Waals surface area contributed by atoms with Crippen molar-refractivity contribution in [3.8, 4) is 0 Å². The molecular formula is C9H14O2. The molecule has 0 saturated heterocycles. The first-order valence-corrected chi connectivity index (χ1v) is 3.61. The molecule has 0 fully saturated rings. The lowest BCUT2D eigenvalue weighted by molar-refractivity contribution is -0.135. The molecule has 2 heteroatoms. The molecule has 0 aliphatic heterocycles. The molecule has 0 N–H and O–H groups in total. The summed E-state index contributed by atoms with van der Waals surface area (Å²) < 4.78 is 4.58. The van der Waals surface area contributed by atoms with Gasteiger partial charge in [-0.3, -0.25) is 4.79 Å². The van der Waals surface area contributed by atoms with Gasteiger partial charge in [-0.1, -0.05) is 13.0 Å². The fourth-order valence-corrected chi connectivity index (χ4v) is 0.510. The lowest BCUT2D eigenvalue weighted by Gasteiger charge is -1.98. The highest BCUT2D eigenvalue weighted by molar-refractivity contribution is 5.66. The van der Waals surface area contributed by atoms with Gasteiger partial charge < -0.3 is 4.74 Å². The van der Waals surface area contributed by atoms with E-state index in [2.05, 4.69) is 11.3 Å². The van der Waals surface area contributed by atoms with Gasteiger partial charge in [0.25, 0.3) is 0 Å². The molecule has 0 aromatic heterocycles. The lowest BCUT2D eigenvalue weighted by Crippen LogP contribution is -1.90. The fraction of sp³-hybridized carbons (Fsp3) is 0.444. The average molecular weight is 154 g/mol. The number of carbonyl (C=O) groups excluding carboxylic acids is 1. The molecule has 0 aliphatic rings. The van der Waals surface area contributed by atoms with E-state index >= 15 is 0 Å². The van der Waals surface area contributed by atoms with E-state index < -0.39 is 0 Å². The largest absolute Gasteiger partial charge is 0.435 e. The number of esters is 1. The molecule has 1 atom stereocenters. The second-order valence-electron chi connectivity index (χ2n) is 2.43. The van der Waals surface area contributed by atoms with E-state index in [1.54, 1.807) is 0 Å². The summed E-state index contributed by atoms with van der Waals surface area (Å²) in [7, 11) is 0. The van der Waals surface area contributed by atoms with E-state index in [0.717, 1.165) is 6.42 Å². The van der Waals surface area contributed by atoms with Crippen molar-refractivity contribution in [3.63, 3.8) is 0 Å². The molecular weight excluding hydrogens is 140 g/mol. The van der Waals surface area contributed by atoms with Gasteiger partial charge >= 0.3 is 5.97 Å². The zero-order valence-electron chi connectivity index (χ0n) is 7.04. The Morgan fingerprint density at radius 3 is 2.82 bits per heavy atom. The predicted octanol–water partition coefficient (Wildman–Crippen LogP) is 2.28. The number of hydrogen-bond acceptors (Lipinski definition) is 2. The summed E-state index contributed by atoms with van der Waals surface area (Å²) >= 11 is 0. The molecule has 0 radical (unpaired) electrons. The fourth-order valence-electron chi connectivity index (χ4n) is 0.510. The predicted molar refractivity (Wildman–Crippen MR) is 44.9 cm³/mol. The molecule has 0 aromatic rings. The van der Waals surface area contributed by atoms with Crippen molar-refractivity contribution >= 4 is 5.97 Å². The van der Waals surface area contributed by atoms with Crippen LogP contribution in [0, 0.1) is 5.92 Å². The summed E-state index contributed by atoms with van der Waals surface area (Å²) in [6.07, 6.45) is 5.95. The Kier molecular flexibility index (Phi) is 5.17. The first-order valence-electron chi connectivity index (χ1n) is 3.61. The van der Waals surface area contributed by atoms with Crippen molar-refractivity contribution in [1.29, 1.82) is 0 Å². The van der Waals surface area contributed by atoms with Gasteiger partial charge in [0.15, 0.2) is 0 Å². The Bertz CT molecular complexity index is 159. The van der Waals surface area contributed by atoms with Crippen LogP contribution in [-0.2, 0) is 9.53 Å². The highest BCUT2D eigenvalue weighted by Gasteiger charge is 1.90. The SMILES string of the molecule is C=CC(C)CC=COC(C)=O. The minimum atomic E-state index is -0.285. The van der Waals surface area contributed by atoms with Crippen LogP contribution >= 0.6 is 0 Å². The van der Waals surface area contributed by atoms with Crippen LogP contribution < -0.4 is 0 Å². The molecule has 1 unspecified atom stereocenters. The van der Waals surface area contributed by atoms with E-state index in [-0.39, 0.29) is 5.97 Å². The van der Waals surface area contributed by atoms with E-state index in [4.69, 9.17) is 0 Å². The van der Waals surface area contributed by atoms with Crippen LogP contribution in [0.4, 0.5) is 0 Å². The van der Waals surface area contributed by atoms with Crippen molar-refractivity contribution in [2.24, 2.45) is 5.92 Å². The molecule has 0 rings (SSSR count). The Morgan fingerprint density at radius 1 is 1.73 bits per heavy atom. The molecule has 62 valence electrons. The number of ether oxygens (including phenoxy) is 1. The monoisotopic (exact) mass is 154 g/mol. The molecule has 0 saturated carbocycles. The summed E-state index contributed by atoms with van der Waals surface area (Å²) in [6.45, 7) is 7.06. The van der Waals surface area contributed by atoms with Crippen LogP contribution in [0.5, 0.6) is 0 Å². The molecule has 0 aromatic carbocycles. The van der Waals surface area contributed by atoms with Crippen LogP contribution in [0.1, 0.15) is 20.3 Å². The number of carbonyl (C=O) groups is 1. The molecule has 0 bridgehead atoms. The third-order valence-electron chi connectivity index (χ3n) is 1.24. The summed E-state index contributed by atoms with van der Waals surface area (Å²) in [6, 6.07) is 0. The quantitative estimate of drug-likeness (QED) is 0.353. The van der Waals surface area contributed by atoms with Crippen LogP contribution in [0.15, 0.2) is 25.0 Å². The maximum atomic E-state index is 10.3. The first-order chi connectivity index (χ1) is 5.16. The maximum Gasteiger partial charge on any atom is 0.307 e. The zero-order chi connectivity index (χ0) is 8.69. The van der Waals surface area contributed by atoms with Crippen LogP contribution in [0.3, 0.4) is 0 Å². The summed E-state index contributed by atoms with van der Waals surface area (Å²) in [5.74, 6) is 0.148. The Balaban J connectivity index is 3.44. The number of hydrogen-bond donors (Lipinski definition) is 0. The maximum absolute atomic E-state index is 10.3. The van der Waals surface area contributed by atoms with Gasteiger partial charge in [0.05, 0.1) is 6.26 Å². The average Bonchev–Trinajstić information content (AvgIpc) is 1.97. The van der Waals surface area contributed by atoms with Crippen molar-refractivity contribution in [2.75, 3.05) is 0 Å². The molecule has 0 spiro atoms. The van der Waals surface area contributed by atoms with Crippen molar-refractivity contribution < 1.29 is 9.53 Å². The normalized spacial score (nSPS) is 12.9. The Morgan fingerprint density at radius 2 is 2.36 bits per heavy atom. The molecule has 11 heavy (non-hydrogen) atoms. The zero-order valence-corrected chi connectivity index (χ0v) is 7.04. The van der Waals surface area contributed by atoms with Gasteiger partial charge in [0, 0.05) is 6.92 Å². The van der Waals surface area contributed by atoms with Gasteiger partial charge in [0.2, 0.25) is 0 Å². The topological polar surface area (TPSA) is 26.3 Å². The van der Waals surface area contributed by atoms with Gasteiger partial charge in [-0.2, -0.15) is 0 Å². The standard InChI is InChI=1S/C9H14O2/c1-4-8(2)6-5-7-11-9(3)10/h4-5,7-8H,1,6H2,2-3H3. The van der Waals surface area contributed by atoms with Gasteiger partial charge in [0.1, 0.15) is 0 Å². The highest BCUT2D eigenvalue weighted by atomic mass is 16.5. The van der Waals surface area contributed by atoms with Crippen molar-refractivity contribution in [2.45, 2.75) is 20.3 Å². The molecule has 2 nitrogen and oxygen atoms in total. The summed E-state index contributed by atoms with van der Waals surface area (Å²) in [5.41, 5.74) is 0. The summed E-state index contributed by atoms with van der Waals surface area (Å²) in [5, 5.41) is 0. The van der Waals surface area contributed by atoms with Crippen molar-refractivity contribution in [3.05, 3.63) is 25.0 Å². The minimum absolute atomic E-state index is 0.285. The number of allylic oxidation sites excluding steroid dienone is 2. The summed E-state index contributed by atoms with van der Waals surface area (Å²) in [4.78, 5) is 10.3. The van der Waals surface area contributed by atoms with E-state index in [1.807, 2.05) is 19.1 Å². The molecule has 0 amide bonds. The first kappa shape index (κ1) is 9.95. The van der Waals surface area contributed by atoms with Gasteiger partial charge in [-0.05, 0) is 18.4 Å². The second-order valence-corrected chi connectivity index (χ2v) is 2.43. The Labute approximate surface area is 67.6 Å². The van der Waals surface area contributed by atoms with Gasteiger partial charge in [-0.15, -0.1) is 6.58 Å².